The predicted molar refractivity (Wildman–Crippen MR) is 106 cm³/mol. The average Bonchev–Trinajstić information content (AvgIpc) is 3.18. The molecule has 0 bridgehead atoms. The number of amides is 1. The summed E-state index contributed by atoms with van der Waals surface area (Å²) in [6.07, 6.45) is 3.90. The first kappa shape index (κ1) is 16.2. The van der Waals surface area contributed by atoms with Crippen LogP contribution in [0.2, 0.25) is 5.02 Å². The van der Waals surface area contributed by atoms with E-state index in [1.165, 1.54) is 0 Å². The first-order valence-corrected chi connectivity index (χ1v) is 8.97. The van der Waals surface area contributed by atoms with Gasteiger partial charge in [-0.3, -0.25) is 4.79 Å². The van der Waals surface area contributed by atoms with Gasteiger partial charge in [-0.2, -0.15) is 0 Å². The molecule has 3 nitrogen and oxygen atoms in total. The van der Waals surface area contributed by atoms with Gasteiger partial charge in [0, 0.05) is 38.3 Å². The summed E-state index contributed by atoms with van der Waals surface area (Å²) in [5, 5.41) is 3.63. The van der Waals surface area contributed by atoms with Crippen molar-refractivity contribution in [3.8, 4) is 5.69 Å². The number of anilines is 1. The quantitative estimate of drug-likeness (QED) is 0.538. The van der Waals surface area contributed by atoms with Gasteiger partial charge >= 0.3 is 0 Å². The molecule has 1 aliphatic heterocycles. The zero-order valence-corrected chi connectivity index (χ0v) is 15.7. The van der Waals surface area contributed by atoms with E-state index in [-0.39, 0.29) is 5.91 Å². The fourth-order valence-electron chi connectivity index (χ4n) is 3.07. The number of carbonyl (C=O) groups excluding carboxylic acids is 1. The lowest BCUT2D eigenvalue weighted by atomic mass is 10.0. The van der Waals surface area contributed by atoms with Crippen molar-refractivity contribution in [1.82, 2.24) is 4.57 Å². The van der Waals surface area contributed by atoms with Crippen LogP contribution in [-0.4, -0.2) is 10.5 Å². The number of nitrogens with zero attached hydrogens (tertiary/aromatic N) is 1. The normalized spacial score (nSPS) is 14.7. The van der Waals surface area contributed by atoms with Crippen LogP contribution in [0.15, 0.2) is 59.2 Å². The number of carbonyl (C=O) groups is 1. The lowest BCUT2D eigenvalue weighted by Gasteiger charge is -2.09. The zero-order chi connectivity index (χ0) is 17.6. The maximum Gasteiger partial charge on any atom is 0.256 e. The molecule has 2 aromatic carbocycles. The number of halogens is 2. The van der Waals surface area contributed by atoms with Crippen LogP contribution in [0.3, 0.4) is 0 Å². The Bertz CT molecular complexity index is 1020. The Morgan fingerprint density at radius 1 is 1.12 bits per heavy atom. The lowest BCUT2D eigenvalue weighted by molar-refractivity contribution is -0.110. The third-order valence-electron chi connectivity index (χ3n) is 4.34. The molecule has 1 amide bonds. The summed E-state index contributed by atoms with van der Waals surface area (Å²) in [6, 6.07) is 15.4. The summed E-state index contributed by atoms with van der Waals surface area (Å²) in [5.74, 6) is -0.0833. The molecule has 0 aliphatic carbocycles. The fraction of sp³-hybridized carbons (Fsp3) is 0.0500. The van der Waals surface area contributed by atoms with Crippen molar-refractivity contribution < 1.29 is 4.79 Å². The van der Waals surface area contributed by atoms with Crippen LogP contribution in [0.1, 0.15) is 16.8 Å². The van der Waals surface area contributed by atoms with E-state index >= 15 is 0 Å². The van der Waals surface area contributed by atoms with E-state index in [2.05, 4.69) is 21.2 Å². The van der Waals surface area contributed by atoms with E-state index in [4.69, 9.17) is 11.6 Å². The van der Waals surface area contributed by atoms with Gasteiger partial charge in [0.05, 0.1) is 5.57 Å². The van der Waals surface area contributed by atoms with Gasteiger partial charge in [-0.25, -0.2) is 0 Å². The third kappa shape index (κ3) is 2.81. The zero-order valence-electron chi connectivity index (χ0n) is 13.4. The van der Waals surface area contributed by atoms with Gasteiger partial charge in [-0.15, -0.1) is 0 Å². The molecule has 0 fully saturated rings. The smallest absolute Gasteiger partial charge is 0.256 e. The van der Waals surface area contributed by atoms with Crippen molar-refractivity contribution in [3.63, 3.8) is 0 Å². The van der Waals surface area contributed by atoms with Gasteiger partial charge in [0.2, 0.25) is 0 Å². The van der Waals surface area contributed by atoms with Crippen LogP contribution >= 0.6 is 27.5 Å². The second-order valence-electron chi connectivity index (χ2n) is 5.89. The lowest BCUT2D eigenvalue weighted by Crippen LogP contribution is -2.04. The molecule has 0 saturated heterocycles. The third-order valence-corrected chi connectivity index (χ3v) is 5.45. The number of fused-ring (bicyclic) bond motifs is 1. The summed E-state index contributed by atoms with van der Waals surface area (Å²) >= 11 is 9.53. The molecule has 3 aromatic rings. The minimum absolute atomic E-state index is 0.0833. The molecule has 0 atom stereocenters. The minimum atomic E-state index is -0.0833. The number of aromatic nitrogens is 1. The molecule has 2 heterocycles. The van der Waals surface area contributed by atoms with Crippen LogP contribution in [0.4, 0.5) is 5.69 Å². The largest absolute Gasteiger partial charge is 0.321 e. The SMILES string of the molecule is Cc1c(Br)ccc2c1C(=Cc1cccn1-c1ccc(Cl)cc1)C(=O)N2. The molecule has 124 valence electrons. The van der Waals surface area contributed by atoms with Gasteiger partial charge in [0.15, 0.2) is 0 Å². The molecule has 1 aromatic heterocycles. The second kappa shape index (κ2) is 6.21. The van der Waals surface area contributed by atoms with Crippen LogP contribution < -0.4 is 5.32 Å². The molecule has 0 saturated carbocycles. The van der Waals surface area contributed by atoms with Crippen LogP contribution in [0, 0.1) is 6.92 Å². The highest BCUT2D eigenvalue weighted by Crippen LogP contribution is 2.38. The number of nitrogens with one attached hydrogen (secondary N) is 1. The summed E-state index contributed by atoms with van der Waals surface area (Å²) in [4.78, 5) is 12.5. The minimum Gasteiger partial charge on any atom is -0.321 e. The van der Waals surface area contributed by atoms with Crippen LogP contribution in [-0.2, 0) is 4.79 Å². The van der Waals surface area contributed by atoms with Crippen molar-refractivity contribution in [2.75, 3.05) is 5.32 Å². The molecule has 0 radical (unpaired) electrons. The summed E-state index contributed by atoms with van der Waals surface area (Å²) < 4.78 is 3.02. The first-order valence-electron chi connectivity index (χ1n) is 7.80. The van der Waals surface area contributed by atoms with Crippen molar-refractivity contribution in [2.45, 2.75) is 6.92 Å². The second-order valence-corrected chi connectivity index (χ2v) is 7.18. The van der Waals surface area contributed by atoms with Crippen molar-refractivity contribution in [1.29, 1.82) is 0 Å². The molecule has 0 unspecified atom stereocenters. The summed E-state index contributed by atoms with van der Waals surface area (Å²) in [7, 11) is 0. The van der Waals surface area contributed by atoms with E-state index in [9.17, 15) is 4.79 Å². The van der Waals surface area contributed by atoms with E-state index in [1.54, 1.807) is 0 Å². The highest BCUT2D eigenvalue weighted by atomic mass is 79.9. The van der Waals surface area contributed by atoms with Crippen molar-refractivity contribution in [2.24, 2.45) is 0 Å². The van der Waals surface area contributed by atoms with Gasteiger partial charge in [0.25, 0.3) is 5.91 Å². The number of hydrogen-bond acceptors (Lipinski definition) is 1. The predicted octanol–water partition coefficient (Wildman–Crippen LogP) is 5.69. The molecule has 5 heteroatoms. The van der Waals surface area contributed by atoms with Gasteiger partial charge in [-0.1, -0.05) is 27.5 Å². The Hall–Kier alpha value is -2.30. The Morgan fingerprint density at radius 3 is 2.64 bits per heavy atom. The first-order chi connectivity index (χ1) is 12.0. The summed E-state index contributed by atoms with van der Waals surface area (Å²) in [5.41, 5.74) is 5.43. The number of rotatable bonds is 2. The van der Waals surface area contributed by atoms with Gasteiger partial charge in [0.1, 0.15) is 0 Å². The Balaban J connectivity index is 1.84. The molecule has 1 N–H and O–H groups in total. The van der Waals surface area contributed by atoms with Gasteiger partial charge < -0.3 is 9.88 Å². The number of benzene rings is 2. The van der Waals surface area contributed by atoms with E-state index < -0.39 is 0 Å². The maximum atomic E-state index is 12.5. The molecule has 25 heavy (non-hydrogen) atoms. The molecule has 0 spiro atoms. The van der Waals surface area contributed by atoms with Crippen molar-refractivity contribution in [3.05, 3.63) is 81.0 Å². The van der Waals surface area contributed by atoms with Crippen LogP contribution in [0.5, 0.6) is 0 Å². The van der Waals surface area contributed by atoms with E-state index in [0.29, 0.717) is 10.6 Å². The topological polar surface area (TPSA) is 34.0 Å². The highest BCUT2D eigenvalue weighted by Gasteiger charge is 2.27. The standard InChI is InChI=1S/C20H14BrClN2O/c1-12-17(21)8-9-18-19(12)16(20(25)23-18)11-15-3-2-10-24(15)14-6-4-13(22)5-7-14/h2-11H,1H3,(H,23,25). The number of hydrogen-bond donors (Lipinski definition) is 1. The molecular formula is C20H14BrClN2O. The Morgan fingerprint density at radius 2 is 1.88 bits per heavy atom. The highest BCUT2D eigenvalue weighted by molar-refractivity contribution is 9.10. The maximum absolute atomic E-state index is 12.5. The van der Waals surface area contributed by atoms with E-state index in [0.717, 1.165) is 32.7 Å². The monoisotopic (exact) mass is 412 g/mol. The summed E-state index contributed by atoms with van der Waals surface area (Å²) in [6.45, 7) is 2.01. The van der Waals surface area contributed by atoms with E-state index in [1.807, 2.05) is 72.3 Å². The van der Waals surface area contributed by atoms with Crippen LogP contribution in [0.25, 0.3) is 17.3 Å². The molecular weight excluding hydrogens is 400 g/mol. The molecule has 1 aliphatic rings. The average molecular weight is 414 g/mol. The Kier molecular flexibility index (Phi) is 4.02. The molecule has 4 rings (SSSR count). The van der Waals surface area contributed by atoms with Gasteiger partial charge in [-0.05, 0) is 67.1 Å². The fourth-order valence-corrected chi connectivity index (χ4v) is 3.53. The Labute approximate surface area is 159 Å². The van der Waals surface area contributed by atoms with Crippen molar-refractivity contribution >= 4 is 50.8 Å².